The lowest BCUT2D eigenvalue weighted by Gasteiger charge is -2.29. The van der Waals surface area contributed by atoms with Crippen LogP contribution in [0, 0.1) is 22.7 Å². The maximum atomic E-state index is 12.5. The zero-order chi connectivity index (χ0) is 18.4. The molecule has 1 N–H and O–H groups in total. The topological polar surface area (TPSA) is 108 Å². The van der Waals surface area contributed by atoms with E-state index in [1.54, 1.807) is 50.1 Å². The molecule has 0 radical (unpaired) electrons. The van der Waals surface area contributed by atoms with Crippen molar-refractivity contribution in [2.75, 3.05) is 6.61 Å². The van der Waals surface area contributed by atoms with Gasteiger partial charge in [0.2, 0.25) is 0 Å². The van der Waals surface area contributed by atoms with Crippen LogP contribution in [-0.4, -0.2) is 18.4 Å². The van der Waals surface area contributed by atoms with E-state index in [-0.39, 0.29) is 23.5 Å². The number of nitrogens with one attached hydrogen (secondary N) is 1. The summed E-state index contributed by atoms with van der Waals surface area (Å²) in [5.74, 6) is 0.545. The molecule has 0 amide bonds. The molecule has 0 aromatic heterocycles. The van der Waals surface area contributed by atoms with Crippen LogP contribution in [0.3, 0.4) is 0 Å². The molecule has 25 heavy (non-hydrogen) atoms. The molecule has 6 heteroatoms. The molecule has 124 valence electrons. The molecule has 1 aromatic rings. The first-order chi connectivity index (χ1) is 12.1. The van der Waals surface area contributed by atoms with Gasteiger partial charge in [-0.15, -0.1) is 0 Å². The molecule has 1 aromatic carbocycles. The van der Waals surface area contributed by atoms with Crippen LogP contribution in [0.25, 0.3) is 5.41 Å². The van der Waals surface area contributed by atoms with Gasteiger partial charge in [0.05, 0.1) is 41.0 Å². The number of hydrogen-bond donors (Lipinski definition) is 1. The van der Waals surface area contributed by atoms with E-state index in [1.165, 1.54) is 0 Å². The molecule has 1 unspecified atom stereocenters. The minimum absolute atomic E-state index is 0.131. The number of nitrogens with zero attached hydrogens (tertiary/aromatic N) is 3. The molecule has 2 rings (SSSR count). The van der Waals surface area contributed by atoms with Gasteiger partial charge in [-0.2, -0.15) is 10.5 Å². The molecule has 1 atom stereocenters. The van der Waals surface area contributed by atoms with E-state index in [4.69, 9.17) is 4.74 Å². The maximum absolute atomic E-state index is 12.5. The lowest BCUT2D eigenvalue weighted by molar-refractivity contribution is -0.138. The average Bonchev–Trinajstić information content (AvgIpc) is 2.63. The largest absolute Gasteiger partial charge is 0.762 e. The van der Waals surface area contributed by atoms with E-state index in [0.717, 1.165) is 0 Å². The van der Waals surface area contributed by atoms with E-state index in [9.17, 15) is 20.7 Å². The zero-order valence-electron chi connectivity index (χ0n) is 13.8. The lowest BCUT2D eigenvalue weighted by atomic mass is 9.80. The second-order valence-corrected chi connectivity index (χ2v) is 5.23. The van der Waals surface area contributed by atoms with Crippen molar-refractivity contribution in [2.24, 2.45) is 0 Å². The van der Waals surface area contributed by atoms with E-state index >= 15 is 0 Å². The molecule has 0 saturated heterocycles. The summed E-state index contributed by atoms with van der Waals surface area (Å²) >= 11 is 0. The minimum Gasteiger partial charge on any atom is -0.762 e. The van der Waals surface area contributed by atoms with Crippen LogP contribution in [0.2, 0.25) is 0 Å². The third kappa shape index (κ3) is 3.35. The fourth-order valence-electron chi connectivity index (χ4n) is 2.74. The number of dihydropyridines is 1. The van der Waals surface area contributed by atoms with E-state index in [0.29, 0.717) is 16.8 Å². The third-order valence-electron chi connectivity index (χ3n) is 3.79. The molecule has 1 heterocycles. The van der Waals surface area contributed by atoms with Gasteiger partial charge in [0.1, 0.15) is 6.07 Å². The normalized spacial score (nSPS) is 16.2. The Morgan fingerprint density at radius 1 is 1.32 bits per heavy atom. The summed E-state index contributed by atoms with van der Waals surface area (Å²) in [4.78, 5) is 12.5. The highest BCUT2D eigenvalue weighted by Crippen LogP contribution is 2.39. The molecular formula is C19H15N4O2-. The summed E-state index contributed by atoms with van der Waals surface area (Å²) < 4.78 is 5.14. The second-order valence-electron chi connectivity index (χ2n) is 5.23. The number of nitriles is 2. The van der Waals surface area contributed by atoms with Gasteiger partial charge in [-0.3, -0.25) is 0 Å². The van der Waals surface area contributed by atoms with Crippen LogP contribution in [0.5, 0.6) is 0 Å². The van der Waals surface area contributed by atoms with Crippen molar-refractivity contribution < 1.29 is 9.53 Å². The Balaban J connectivity index is 2.75. The molecular weight excluding hydrogens is 316 g/mol. The molecule has 0 fully saturated rings. The molecule has 0 spiro atoms. The first kappa shape index (κ1) is 17.7. The summed E-state index contributed by atoms with van der Waals surface area (Å²) in [6, 6.07) is 12.8. The predicted octanol–water partition coefficient (Wildman–Crippen LogP) is 2.68. The Morgan fingerprint density at radius 3 is 2.52 bits per heavy atom. The fraction of sp³-hybridized carbons (Fsp3) is 0.211. The predicted molar refractivity (Wildman–Crippen MR) is 91.8 cm³/mol. The Bertz CT molecular complexity index is 892. The van der Waals surface area contributed by atoms with Gasteiger partial charge in [-0.05, 0) is 19.4 Å². The smallest absolute Gasteiger partial charge is 0.336 e. The maximum Gasteiger partial charge on any atom is 0.336 e. The van der Waals surface area contributed by atoms with Crippen LogP contribution >= 0.6 is 0 Å². The van der Waals surface area contributed by atoms with Crippen molar-refractivity contribution in [1.29, 1.82) is 10.5 Å². The van der Waals surface area contributed by atoms with Gasteiger partial charge in [-0.1, -0.05) is 30.3 Å². The number of esters is 1. The van der Waals surface area contributed by atoms with Crippen LogP contribution in [0.15, 0.2) is 58.4 Å². The summed E-state index contributed by atoms with van der Waals surface area (Å²) in [6.45, 7) is 3.55. The van der Waals surface area contributed by atoms with Crippen LogP contribution in [0.1, 0.15) is 25.3 Å². The molecule has 0 saturated carbocycles. The number of hydrogen-bond acceptors (Lipinski definition) is 5. The highest BCUT2D eigenvalue weighted by Gasteiger charge is 2.35. The SMILES string of the molecule is CCOC(=O)C1=C(C)NC(C(=C=[N-])C#N)=C(C#N)C1c1ccccc1. The molecule has 6 nitrogen and oxygen atoms in total. The molecule has 1 aliphatic rings. The van der Waals surface area contributed by atoms with Gasteiger partial charge in [0.25, 0.3) is 0 Å². The van der Waals surface area contributed by atoms with E-state index in [2.05, 4.69) is 11.4 Å². The van der Waals surface area contributed by atoms with Gasteiger partial charge in [0, 0.05) is 5.70 Å². The lowest BCUT2D eigenvalue weighted by Crippen LogP contribution is -2.30. The Morgan fingerprint density at radius 2 is 2.00 bits per heavy atom. The Labute approximate surface area is 145 Å². The number of allylic oxidation sites excluding steroid dienone is 3. The van der Waals surface area contributed by atoms with Crippen molar-refractivity contribution >= 4 is 11.8 Å². The fourth-order valence-corrected chi connectivity index (χ4v) is 2.74. The highest BCUT2D eigenvalue weighted by atomic mass is 16.5. The number of carbonyl (C=O) groups is 1. The third-order valence-corrected chi connectivity index (χ3v) is 3.79. The average molecular weight is 331 g/mol. The van der Waals surface area contributed by atoms with Crippen molar-refractivity contribution in [3.8, 4) is 12.1 Å². The summed E-state index contributed by atoms with van der Waals surface area (Å²) in [5, 5.41) is 30.9. The monoisotopic (exact) mass is 331 g/mol. The van der Waals surface area contributed by atoms with Crippen molar-refractivity contribution in [2.45, 2.75) is 19.8 Å². The first-order valence-electron chi connectivity index (χ1n) is 7.60. The number of ether oxygens (including phenoxy) is 1. The summed E-state index contributed by atoms with van der Waals surface area (Å²) in [5.41, 5.74) is 1.51. The highest BCUT2D eigenvalue weighted by molar-refractivity contribution is 5.93. The Hall–Kier alpha value is -3.60. The summed E-state index contributed by atoms with van der Waals surface area (Å²) in [7, 11) is 0. The summed E-state index contributed by atoms with van der Waals surface area (Å²) in [6.07, 6.45) is 0. The van der Waals surface area contributed by atoms with Gasteiger partial charge < -0.3 is 15.5 Å². The molecule has 0 aliphatic carbocycles. The second kappa shape index (κ2) is 7.79. The first-order valence-corrected chi connectivity index (χ1v) is 7.60. The van der Waals surface area contributed by atoms with E-state index < -0.39 is 11.9 Å². The van der Waals surface area contributed by atoms with Crippen molar-refractivity contribution in [3.05, 3.63) is 69.4 Å². The van der Waals surface area contributed by atoms with Crippen LogP contribution < -0.4 is 5.32 Å². The number of rotatable bonds is 4. The van der Waals surface area contributed by atoms with Crippen LogP contribution in [-0.2, 0) is 9.53 Å². The van der Waals surface area contributed by atoms with Crippen molar-refractivity contribution in [1.82, 2.24) is 5.32 Å². The number of carbonyl (C=O) groups excluding carboxylic acids is 1. The minimum atomic E-state index is -0.710. The van der Waals surface area contributed by atoms with Gasteiger partial charge >= 0.3 is 5.97 Å². The van der Waals surface area contributed by atoms with Crippen molar-refractivity contribution in [3.63, 3.8) is 0 Å². The number of benzene rings is 1. The van der Waals surface area contributed by atoms with Gasteiger partial charge in [0.15, 0.2) is 0 Å². The Kier molecular flexibility index (Phi) is 5.53. The zero-order valence-corrected chi connectivity index (χ0v) is 13.8. The molecule has 1 aliphatic heterocycles. The van der Waals surface area contributed by atoms with Gasteiger partial charge in [-0.25, -0.2) is 10.7 Å². The standard InChI is InChI=1S/C19H15N4O2/c1-3-25-19(24)16-12(2)23-18(14(9-20)10-21)15(11-22)17(16)13-7-5-4-6-8-13/h4-8,17,23H,3H2,1-2H3/q-1. The van der Waals surface area contributed by atoms with E-state index in [1.807, 2.05) is 6.07 Å². The molecule has 0 bridgehead atoms. The quantitative estimate of drug-likeness (QED) is 0.518. The van der Waals surface area contributed by atoms with Crippen LogP contribution in [0.4, 0.5) is 0 Å².